The highest BCUT2D eigenvalue weighted by molar-refractivity contribution is 7.91. The van der Waals surface area contributed by atoms with Gasteiger partial charge in [-0.1, -0.05) is 51.3 Å². The molecule has 0 aliphatic carbocycles. The fraction of sp³-hybridized carbons (Fsp3) is 0.429. The minimum absolute atomic E-state index is 0.0130. The van der Waals surface area contributed by atoms with E-state index < -0.39 is 81.7 Å². The first kappa shape index (κ1) is 39.2. The Bertz CT molecular complexity index is 1610. The van der Waals surface area contributed by atoms with Crippen LogP contribution in [0.25, 0.3) is 0 Å². The molecule has 1 heterocycles. The molecular formula is C35H44F2N4O7S. The average molecular weight is 703 g/mol. The summed E-state index contributed by atoms with van der Waals surface area (Å²) >= 11 is 0. The molecule has 3 amide bonds. The Balaban J connectivity index is 1.95. The maximum atomic E-state index is 14.2. The number of sulfone groups is 1. The van der Waals surface area contributed by atoms with Gasteiger partial charge in [0, 0.05) is 24.0 Å². The van der Waals surface area contributed by atoms with E-state index in [2.05, 4.69) is 20.9 Å². The lowest BCUT2D eigenvalue weighted by molar-refractivity contribution is -0.125. The van der Waals surface area contributed by atoms with Gasteiger partial charge in [-0.05, 0) is 61.2 Å². The number of benzene rings is 2. The maximum Gasteiger partial charge on any atom is 0.253 e. The van der Waals surface area contributed by atoms with E-state index in [0.717, 1.165) is 12.1 Å². The van der Waals surface area contributed by atoms with Gasteiger partial charge in [0.1, 0.15) is 29.9 Å². The Hall–Kier alpha value is -4.27. The fourth-order valence-electron chi connectivity index (χ4n) is 5.22. The highest BCUT2D eigenvalue weighted by Crippen LogP contribution is 2.18. The van der Waals surface area contributed by atoms with Crippen molar-refractivity contribution < 1.29 is 41.8 Å². The number of hydrogen-bond acceptors (Lipinski definition) is 8. The first-order chi connectivity index (χ1) is 23.3. The lowest BCUT2D eigenvalue weighted by Gasteiger charge is -2.34. The van der Waals surface area contributed by atoms with Gasteiger partial charge < -0.3 is 26.2 Å². The zero-order chi connectivity index (χ0) is 36.0. The zero-order valence-corrected chi connectivity index (χ0v) is 28.3. The van der Waals surface area contributed by atoms with Crippen molar-refractivity contribution in [1.82, 2.24) is 20.9 Å². The molecule has 0 bridgehead atoms. The molecule has 5 atom stereocenters. The number of rotatable bonds is 19. The van der Waals surface area contributed by atoms with Crippen LogP contribution in [-0.4, -0.2) is 83.2 Å². The number of hydrogen-bond donors (Lipinski definition) is 5. The predicted octanol–water partition coefficient (Wildman–Crippen LogP) is 3.11. The van der Waals surface area contributed by atoms with Crippen LogP contribution in [0.1, 0.15) is 72.2 Å². The first-order valence-electron chi connectivity index (χ1n) is 16.2. The number of pyridine rings is 1. The van der Waals surface area contributed by atoms with Gasteiger partial charge >= 0.3 is 0 Å². The third kappa shape index (κ3) is 12.6. The summed E-state index contributed by atoms with van der Waals surface area (Å²) in [5.74, 6) is -5.20. The summed E-state index contributed by atoms with van der Waals surface area (Å²) in [6.07, 6.45) is 1.09. The summed E-state index contributed by atoms with van der Waals surface area (Å²) in [6, 6.07) is 9.61. The van der Waals surface area contributed by atoms with Crippen molar-refractivity contribution in [2.75, 3.05) is 11.5 Å². The molecule has 266 valence electrons. The highest BCUT2D eigenvalue weighted by atomic mass is 32.2. The van der Waals surface area contributed by atoms with Crippen molar-refractivity contribution in [1.29, 1.82) is 0 Å². The average Bonchev–Trinajstić information content (AvgIpc) is 3.08. The van der Waals surface area contributed by atoms with Gasteiger partial charge in [-0.15, -0.1) is 0 Å². The monoisotopic (exact) mass is 702 g/mol. The number of carbonyl (C=O) groups excluding carboxylic acids is 3. The van der Waals surface area contributed by atoms with Crippen LogP contribution in [0, 0.1) is 11.6 Å². The highest BCUT2D eigenvalue weighted by Gasteiger charge is 2.36. The van der Waals surface area contributed by atoms with Gasteiger partial charge in [-0.2, -0.15) is 0 Å². The number of aliphatic hydroxyl groups excluding tert-OH is 2. The topological polar surface area (TPSA) is 175 Å². The van der Waals surface area contributed by atoms with Crippen LogP contribution in [0.4, 0.5) is 8.78 Å². The second-order valence-electron chi connectivity index (χ2n) is 11.9. The first-order valence-corrected chi connectivity index (χ1v) is 18.0. The summed E-state index contributed by atoms with van der Waals surface area (Å²) in [5.41, 5.74) is 0.377. The molecule has 1 aromatic heterocycles. The Morgan fingerprint density at radius 1 is 0.796 bits per heavy atom. The molecule has 0 saturated carbocycles. The van der Waals surface area contributed by atoms with Crippen molar-refractivity contribution >= 4 is 27.6 Å². The van der Waals surface area contributed by atoms with E-state index in [1.54, 1.807) is 37.3 Å². The van der Waals surface area contributed by atoms with E-state index in [-0.39, 0.29) is 23.3 Å². The quantitative estimate of drug-likeness (QED) is 0.127. The smallest absolute Gasteiger partial charge is 0.253 e. The van der Waals surface area contributed by atoms with Crippen LogP contribution in [-0.2, 0) is 21.1 Å². The summed E-state index contributed by atoms with van der Waals surface area (Å²) in [4.78, 5) is 43.7. The predicted molar refractivity (Wildman–Crippen MR) is 180 cm³/mol. The van der Waals surface area contributed by atoms with Gasteiger partial charge in [0.2, 0.25) is 5.91 Å². The SMILES string of the molecule is CCCCC(NC(=O)c1ccccc1)C(O)C(O)C(Cc1cc(F)cc(F)c1)NC(=O)C(CS(=O)(=O)CCCC)NC(=O)c1cccnc1. The number of aromatic nitrogens is 1. The molecule has 3 rings (SSSR count). The van der Waals surface area contributed by atoms with Crippen molar-refractivity contribution in [3.05, 3.63) is 101 Å². The normalized spacial score (nSPS) is 14.6. The molecule has 11 nitrogen and oxygen atoms in total. The molecule has 14 heteroatoms. The Kier molecular flexibility index (Phi) is 15.2. The van der Waals surface area contributed by atoms with Gasteiger partial charge in [-0.3, -0.25) is 19.4 Å². The van der Waals surface area contributed by atoms with Gasteiger partial charge in [0.25, 0.3) is 11.8 Å². The summed E-state index contributed by atoms with van der Waals surface area (Å²) in [7, 11) is -3.87. The number of nitrogens with zero attached hydrogens (tertiary/aromatic N) is 1. The van der Waals surface area contributed by atoms with Crippen LogP contribution in [0.3, 0.4) is 0 Å². The minimum Gasteiger partial charge on any atom is -0.388 e. The molecule has 0 aliphatic heterocycles. The van der Waals surface area contributed by atoms with E-state index in [0.29, 0.717) is 37.3 Å². The molecular weight excluding hydrogens is 658 g/mol. The third-order valence-corrected chi connectivity index (χ3v) is 9.63. The molecule has 0 saturated heterocycles. The number of carbonyl (C=O) groups is 3. The Labute approximate surface area is 285 Å². The molecule has 5 N–H and O–H groups in total. The Morgan fingerprint density at radius 2 is 1.41 bits per heavy atom. The Morgan fingerprint density at radius 3 is 2.02 bits per heavy atom. The van der Waals surface area contributed by atoms with E-state index >= 15 is 0 Å². The third-order valence-electron chi connectivity index (χ3n) is 7.88. The lowest BCUT2D eigenvalue weighted by Crippen LogP contribution is -2.60. The van der Waals surface area contributed by atoms with Crippen LogP contribution in [0.15, 0.2) is 73.1 Å². The fourth-order valence-corrected chi connectivity index (χ4v) is 6.85. The second kappa shape index (κ2) is 19.1. The molecule has 0 aliphatic rings. The van der Waals surface area contributed by atoms with E-state index in [4.69, 9.17) is 0 Å². The maximum absolute atomic E-state index is 14.2. The van der Waals surface area contributed by atoms with Crippen LogP contribution in [0.5, 0.6) is 0 Å². The van der Waals surface area contributed by atoms with Gasteiger partial charge in [-0.25, -0.2) is 17.2 Å². The van der Waals surface area contributed by atoms with Crippen molar-refractivity contribution in [3.63, 3.8) is 0 Å². The number of nitrogens with one attached hydrogen (secondary N) is 3. The lowest BCUT2D eigenvalue weighted by atomic mass is 9.91. The van der Waals surface area contributed by atoms with Crippen LogP contribution in [0.2, 0.25) is 0 Å². The summed E-state index contributed by atoms with van der Waals surface area (Å²) < 4.78 is 54.3. The van der Waals surface area contributed by atoms with Gasteiger partial charge in [0.15, 0.2) is 9.84 Å². The minimum atomic E-state index is -3.87. The van der Waals surface area contributed by atoms with Gasteiger partial charge in [0.05, 0.1) is 29.2 Å². The van der Waals surface area contributed by atoms with Crippen molar-refractivity contribution in [2.45, 2.75) is 82.7 Å². The molecule has 0 radical (unpaired) electrons. The van der Waals surface area contributed by atoms with E-state index in [1.165, 1.54) is 24.5 Å². The molecule has 49 heavy (non-hydrogen) atoms. The van der Waals surface area contributed by atoms with Crippen LogP contribution < -0.4 is 16.0 Å². The number of aliphatic hydroxyl groups is 2. The standard InChI is InChI=1S/C35H44F2N4O7S/c1-3-5-14-28(39-33(44)24-11-8-7-9-12-24)31(42)32(43)29(19-23-17-26(36)20-27(37)18-23)40-35(46)30(22-49(47,48)16-6-4-2)41-34(45)25-13-10-15-38-21-25/h7-13,15,17-18,20-21,28-32,42-43H,3-6,14,16,19,22H2,1-2H3,(H,39,44)(H,40,46)(H,41,45). The largest absolute Gasteiger partial charge is 0.388 e. The zero-order valence-electron chi connectivity index (χ0n) is 27.5. The molecule has 0 spiro atoms. The summed E-state index contributed by atoms with van der Waals surface area (Å²) in [5, 5.41) is 30.7. The number of halogens is 2. The molecule has 0 fully saturated rings. The van der Waals surface area contributed by atoms with Crippen molar-refractivity contribution in [2.24, 2.45) is 0 Å². The molecule has 2 aromatic carbocycles. The second-order valence-corrected chi connectivity index (χ2v) is 14.1. The van der Waals surface area contributed by atoms with E-state index in [9.17, 15) is 41.8 Å². The van der Waals surface area contributed by atoms with Crippen molar-refractivity contribution in [3.8, 4) is 0 Å². The summed E-state index contributed by atoms with van der Waals surface area (Å²) in [6.45, 7) is 3.70. The number of amides is 3. The van der Waals surface area contributed by atoms with E-state index in [1.807, 2.05) is 6.92 Å². The molecule has 3 aromatic rings. The number of unbranched alkanes of at least 4 members (excludes halogenated alkanes) is 2. The van der Waals surface area contributed by atoms with Crippen LogP contribution >= 0.6 is 0 Å². The molecule has 5 unspecified atom stereocenters.